The maximum absolute atomic E-state index is 12.0. The third kappa shape index (κ3) is 5.39. The summed E-state index contributed by atoms with van der Waals surface area (Å²) in [5.74, 6) is -0.179. The Bertz CT molecular complexity index is 839. The zero-order valence-electron chi connectivity index (χ0n) is 12.2. The summed E-state index contributed by atoms with van der Waals surface area (Å²) < 4.78 is 27.8. The zero-order chi connectivity index (χ0) is 17.7. The summed E-state index contributed by atoms with van der Waals surface area (Å²) in [6.07, 6.45) is 0. The molecule has 0 saturated heterocycles. The molecule has 0 aromatic heterocycles. The average molecular weight is 406 g/mol. The van der Waals surface area contributed by atoms with Crippen LogP contribution in [0.15, 0.2) is 52.3 Å². The molecule has 0 unspecified atom stereocenters. The van der Waals surface area contributed by atoms with Crippen LogP contribution < -0.4 is 5.14 Å². The first-order valence-electron chi connectivity index (χ1n) is 6.65. The van der Waals surface area contributed by atoms with E-state index in [0.29, 0.717) is 10.8 Å². The minimum atomic E-state index is -3.92. The lowest BCUT2D eigenvalue weighted by Gasteiger charge is -2.08. The van der Waals surface area contributed by atoms with Crippen LogP contribution in [0.1, 0.15) is 10.4 Å². The molecule has 0 fully saturated rings. The topological polar surface area (TPSA) is 86.5 Å². The molecule has 2 rings (SSSR count). The third-order valence-corrected chi connectivity index (χ3v) is 5.35. The predicted molar refractivity (Wildman–Crippen MR) is 95.3 cm³/mol. The van der Waals surface area contributed by atoms with Gasteiger partial charge in [-0.3, -0.25) is 0 Å². The van der Waals surface area contributed by atoms with Gasteiger partial charge in [-0.1, -0.05) is 23.2 Å². The molecular formula is C15H13Cl2NO4S2. The van der Waals surface area contributed by atoms with Gasteiger partial charge in [0.15, 0.2) is 0 Å². The lowest BCUT2D eigenvalue weighted by molar-refractivity contribution is 0.0530. The minimum Gasteiger partial charge on any atom is -0.461 e. The van der Waals surface area contributed by atoms with Gasteiger partial charge in [0.05, 0.1) is 15.5 Å². The van der Waals surface area contributed by atoms with Crippen LogP contribution in [-0.4, -0.2) is 26.7 Å². The van der Waals surface area contributed by atoms with Crippen LogP contribution in [0.4, 0.5) is 0 Å². The smallest absolute Gasteiger partial charge is 0.339 e. The van der Waals surface area contributed by atoms with Gasteiger partial charge >= 0.3 is 5.97 Å². The van der Waals surface area contributed by atoms with Crippen molar-refractivity contribution in [2.45, 2.75) is 9.79 Å². The lowest BCUT2D eigenvalue weighted by atomic mass is 10.2. The van der Waals surface area contributed by atoms with Crippen molar-refractivity contribution in [3.05, 3.63) is 58.1 Å². The van der Waals surface area contributed by atoms with Gasteiger partial charge < -0.3 is 4.74 Å². The van der Waals surface area contributed by atoms with Crippen molar-refractivity contribution in [1.29, 1.82) is 0 Å². The standard InChI is InChI=1S/C15H13Cl2NO4S2/c16-10-1-3-11(4-2-10)23-8-7-22-15(19)13-9-12(24(18,20)21)5-6-14(13)17/h1-6,9H,7-8H2,(H2,18,20,21). The molecule has 2 aromatic carbocycles. The number of hydrogen-bond acceptors (Lipinski definition) is 5. The third-order valence-electron chi connectivity index (χ3n) is 2.89. The van der Waals surface area contributed by atoms with Gasteiger partial charge in [0, 0.05) is 15.7 Å². The first-order chi connectivity index (χ1) is 11.3. The molecule has 0 spiro atoms. The Hall–Kier alpha value is -1.25. The molecule has 0 atom stereocenters. The number of nitrogens with two attached hydrogens (primary N) is 1. The molecule has 2 aromatic rings. The second kappa shape index (κ2) is 8.22. The van der Waals surface area contributed by atoms with Crippen LogP contribution in [0.25, 0.3) is 0 Å². The number of primary sulfonamides is 1. The van der Waals surface area contributed by atoms with Crippen LogP contribution >= 0.6 is 35.0 Å². The SMILES string of the molecule is NS(=O)(=O)c1ccc(Cl)c(C(=O)OCCSc2ccc(Cl)cc2)c1. The molecule has 0 bridgehead atoms. The number of halogens is 2. The molecule has 24 heavy (non-hydrogen) atoms. The molecule has 5 nitrogen and oxygen atoms in total. The van der Waals surface area contributed by atoms with Gasteiger partial charge in [0.1, 0.15) is 6.61 Å². The van der Waals surface area contributed by atoms with Crippen molar-refractivity contribution in [2.75, 3.05) is 12.4 Å². The molecule has 0 amide bonds. The Morgan fingerprint density at radius 1 is 1.12 bits per heavy atom. The summed E-state index contributed by atoms with van der Waals surface area (Å²) in [5, 5.41) is 5.78. The van der Waals surface area contributed by atoms with Crippen LogP contribution in [0, 0.1) is 0 Å². The maximum Gasteiger partial charge on any atom is 0.339 e. The van der Waals surface area contributed by atoms with Gasteiger partial charge in [0.2, 0.25) is 10.0 Å². The Kier molecular flexibility index (Phi) is 6.54. The van der Waals surface area contributed by atoms with E-state index in [0.717, 1.165) is 11.0 Å². The van der Waals surface area contributed by atoms with E-state index in [1.165, 1.54) is 23.9 Å². The fraction of sp³-hybridized carbons (Fsp3) is 0.133. The number of benzene rings is 2. The lowest BCUT2D eigenvalue weighted by Crippen LogP contribution is -2.14. The van der Waals surface area contributed by atoms with E-state index in [9.17, 15) is 13.2 Å². The van der Waals surface area contributed by atoms with Gasteiger partial charge in [-0.05, 0) is 42.5 Å². The molecule has 128 valence electrons. The molecule has 0 aliphatic heterocycles. The van der Waals surface area contributed by atoms with E-state index in [4.69, 9.17) is 33.1 Å². The minimum absolute atomic E-state index is 0.0420. The molecule has 0 aliphatic rings. The predicted octanol–water partition coefficient (Wildman–Crippen LogP) is 3.59. The van der Waals surface area contributed by atoms with E-state index in [1.54, 1.807) is 12.1 Å². The second-order valence-corrected chi connectivity index (χ2v) is 8.20. The van der Waals surface area contributed by atoms with E-state index < -0.39 is 16.0 Å². The number of thioether (sulfide) groups is 1. The highest BCUT2D eigenvalue weighted by Gasteiger charge is 2.16. The molecule has 0 saturated carbocycles. The number of sulfonamides is 1. The number of ether oxygens (including phenoxy) is 1. The van der Waals surface area contributed by atoms with Crippen LogP contribution in [0.2, 0.25) is 10.0 Å². The summed E-state index contributed by atoms with van der Waals surface area (Å²) >= 11 is 13.2. The number of carbonyl (C=O) groups is 1. The quantitative estimate of drug-likeness (QED) is 0.450. The summed E-state index contributed by atoms with van der Waals surface area (Å²) in [6, 6.07) is 10.9. The molecule has 9 heteroatoms. The number of esters is 1. The molecule has 0 radical (unpaired) electrons. The van der Waals surface area contributed by atoms with E-state index in [1.807, 2.05) is 12.1 Å². The van der Waals surface area contributed by atoms with Crippen molar-refractivity contribution in [3.8, 4) is 0 Å². The van der Waals surface area contributed by atoms with Gasteiger partial charge in [-0.2, -0.15) is 0 Å². The number of carbonyl (C=O) groups excluding carboxylic acids is 1. The summed E-state index contributed by atoms with van der Waals surface area (Å²) in [6.45, 7) is 0.141. The normalized spacial score (nSPS) is 11.3. The van der Waals surface area contributed by atoms with Crippen molar-refractivity contribution in [1.82, 2.24) is 0 Å². The Balaban J connectivity index is 1.94. The highest BCUT2D eigenvalue weighted by molar-refractivity contribution is 7.99. The molecule has 0 heterocycles. The van der Waals surface area contributed by atoms with Gasteiger partial charge in [-0.15, -0.1) is 11.8 Å². The van der Waals surface area contributed by atoms with Crippen molar-refractivity contribution in [2.24, 2.45) is 5.14 Å². The maximum atomic E-state index is 12.0. The molecular weight excluding hydrogens is 393 g/mol. The van der Waals surface area contributed by atoms with Crippen LogP contribution in [-0.2, 0) is 14.8 Å². The Morgan fingerprint density at radius 3 is 2.42 bits per heavy atom. The summed E-state index contributed by atoms with van der Waals surface area (Å²) in [4.78, 5) is 12.8. The van der Waals surface area contributed by atoms with Gasteiger partial charge in [0.25, 0.3) is 0 Å². The number of rotatable bonds is 6. The number of hydrogen-bond donors (Lipinski definition) is 1. The van der Waals surface area contributed by atoms with Gasteiger partial charge in [-0.25, -0.2) is 18.4 Å². The Labute approximate surface area is 154 Å². The largest absolute Gasteiger partial charge is 0.461 e. The average Bonchev–Trinajstić information content (AvgIpc) is 2.52. The second-order valence-electron chi connectivity index (χ2n) is 4.62. The van der Waals surface area contributed by atoms with Crippen LogP contribution in [0.5, 0.6) is 0 Å². The summed E-state index contributed by atoms with van der Waals surface area (Å²) in [7, 11) is -3.92. The highest BCUT2D eigenvalue weighted by Crippen LogP contribution is 2.22. The van der Waals surface area contributed by atoms with E-state index in [-0.39, 0.29) is 22.1 Å². The monoisotopic (exact) mass is 405 g/mol. The molecule has 0 aliphatic carbocycles. The van der Waals surface area contributed by atoms with Crippen molar-refractivity contribution < 1.29 is 17.9 Å². The zero-order valence-corrected chi connectivity index (χ0v) is 15.4. The van der Waals surface area contributed by atoms with Crippen molar-refractivity contribution in [3.63, 3.8) is 0 Å². The summed E-state index contributed by atoms with van der Waals surface area (Å²) in [5.41, 5.74) is -0.0420. The molecule has 2 N–H and O–H groups in total. The first-order valence-corrected chi connectivity index (χ1v) is 9.94. The first kappa shape index (κ1) is 19.1. The van der Waals surface area contributed by atoms with Crippen molar-refractivity contribution >= 4 is 51.0 Å². The van der Waals surface area contributed by atoms with E-state index in [2.05, 4.69) is 0 Å². The Morgan fingerprint density at radius 2 is 1.79 bits per heavy atom. The fourth-order valence-electron chi connectivity index (χ4n) is 1.74. The highest BCUT2D eigenvalue weighted by atomic mass is 35.5. The fourth-order valence-corrected chi connectivity index (χ4v) is 3.33. The van der Waals surface area contributed by atoms with E-state index >= 15 is 0 Å². The van der Waals surface area contributed by atoms with Crippen LogP contribution in [0.3, 0.4) is 0 Å².